The maximum atomic E-state index is 4.08. The molecule has 0 saturated carbocycles. The Bertz CT molecular complexity index is 254. The van der Waals surface area contributed by atoms with Gasteiger partial charge in [0.15, 0.2) is 0 Å². The molecule has 5 heteroatoms. The summed E-state index contributed by atoms with van der Waals surface area (Å²) in [6.45, 7) is 0. The molecule has 0 saturated heterocycles. The van der Waals surface area contributed by atoms with Crippen molar-refractivity contribution in [3.63, 3.8) is 0 Å². The van der Waals surface area contributed by atoms with Crippen molar-refractivity contribution >= 4 is 22.9 Å². The highest BCUT2D eigenvalue weighted by molar-refractivity contribution is 7.13. The summed E-state index contributed by atoms with van der Waals surface area (Å²) < 4.78 is 3.74. The van der Waals surface area contributed by atoms with E-state index in [-0.39, 0.29) is 0 Å². The van der Waals surface area contributed by atoms with Crippen LogP contribution in [0.2, 0.25) is 0 Å². The SMILES string of the molecule is c1csc(-c2csnn2)n1. The summed E-state index contributed by atoms with van der Waals surface area (Å²) in [6, 6.07) is 0. The zero-order valence-electron chi connectivity index (χ0n) is 4.89. The summed E-state index contributed by atoms with van der Waals surface area (Å²) in [5, 5.41) is 8.63. The Hall–Kier alpha value is -0.810. The van der Waals surface area contributed by atoms with Gasteiger partial charge in [-0.3, -0.25) is 0 Å². The van der Waals surface area contributed by atoms with Gasteiger partial charge >= 0.3 is 0 Å². The second kappa shape index (κ2) is 2.43. The lowest BCUT2D eigenvalue weighted by Gasteiger charge is -1.80. The first kappa shape index (κ1) is 5.94. The van der Waals surface area contributed by atoms with E-state index in [2.05, 4.69) is 14.6 Å². The van der Waals surface area contributed by atoms with Crippen LogP contribution in [-0.2, 0) is 0 Å². The Kier molecular flexibility index (Phi) is 1.44. The zero-order chi connectivity index (χ0) is 6.81. The molecule has 0 fully saturated rings. The van der Waals surface area contributed by atoms with Crippen molar-refractivity contribution in [3.05, 3.63) is 17.0 Å². The molecule has 0 aromatic carbocycles. The molecule has 0 atom stereocenters. The first-order chi connectivity index (χ1) is 4.97. The van der Waals surface area contributed by atoms with Crippen molar-refractivity contribution in [2.75, 3.05) is 0 Å². The summed E-state index contributed by atoms with van der Waals surface area (Å²) in [6.07, 6.45) is 1.76. The smallest absolute Gasteiger partial charge is 0.144 e. The molecule has 2 heterocycles. The van der Waals surface area contributed by atoms with Gasteiger partial charge < -0.3 is 0 Å². The molecule has 0 unspecified atom stereocenters. The summed E-state index contributed by atoms with van der Waals surface area (Å²) in [7, 11) is 0. The molecule has 2 aromatic rings. The molecule has 0 aliphatic heterocycles. The minimum Gasteiger partial charge on any atom is -0.243 e. The van der Waals surface area contributed by atoms with E-state index >= 15 is 0 Å². The number of nitrogens with zero attached hydrogens (tertiary/aromatic N) is 3. The maximum absolute atomic E-state index is 4.08. The van der Waals surface area contributed by atoms with E-state index < -0.39 is 0 Å². The van der Waals surface area contributed by atoms with Crippen LogP contribution in [0.1, 0.15) is 0 Å². The van der Waals surface area contributed by atoms with Gasteiger partial charge in [0, 0.05) is 17.0 Å². The molecule has 0 aliphatic rings. The lowest BCUT2D eigenvalue weighted by atomic mass is 10.5. The van der Waals surface area contributed by atoms with Crippen LogP contribution in [-0.4, -0.2) is 14.6 Å². The van der Waals surface area contributed by atoms with E-state index in [1.807, 2.05) is 10.8 Å². The fourth-order valence-corrected chi connectivity index (χ4v) is 1.72. The molecule has 0 N–H and O–H groups in total. The Morgan fingerprint density at radius 3 is 3.00 bits per heavy atom. The lowest BCUT2D eigenvalue weighted by Crippen LogP contribution is -1.73. The Balaban J connectivity index is 2.48. The largest absolute Gasteiger partial charge is 0.243 e. The standard InChI is InChI=1S/C5H3N3S2/c1-2-9-5(6-1)4-3-10-8-7-4/h1-3H. The number of hydrogen-bond donors (Lipinski definition) is 0. The van der Waals surface area contributed by atoms with Crippen LogP contribution < -0.4 is 0 Å². The predicted molar refractivity (Wildman–Crippen MR) is 41.0 cm³/mol. The average Bonchev–Trinajstić information content (AvgIpc) is 2.59. The van der Waals surface area contributed by atoms with Crippen LogP contribution in [0.15, 0.2) is 17.0 Å². The van der Waals surface area contributed by atoms with Crippen LogP contribution in [0.4, 0.5) is 0 Å². The highest BCUT2D eigenvalue weighted by Gasteiger charge is 2.00. The number of rotatable bonds is 1. The molecular weight excluding hydrogens is 166 g/mol. The van der Waals surface area contributed by atoms with E-state index in [0.29, 0.717) is 0 Å². The Morgan fingerprint density at radius 1 is 1.40 bits per heavy atom. The molecule has 0 amide bonds. The van der Waals surface area contributed by atoms with Crippen molar-refractivity contribution in [1.29, 1.82) is 0 Å². The summed E-state index contributed by atoms with van der Waals surface area (Å²) in [5.74, 6) is 0. The van der Waals surface area contributed by atoms with E-state index in [0.717, 1.165) is 10.7 Å². The van der Waals surface area contributed by atoms with E-state index in [4.69, 9.17) is 0 Å². The zero-order valence-corrected chi connectivity index (χ0v) is 6.52. The molecule has 0 radical (unpaired) electrons. The van der Waals surface area contributed by atoms with Crippen LogP contribution in [0.5, 0.6) is 0 Å². The molecule has 50 valence electrons. The van der Waals surface area contributed by atoms with Crippen molar-refractivity contribution in [2.45, 2.75) is 0 Å². The minimum absolute atomic E-state index is 0.875. The van der Waals surface area contributed by atoms with Crippen molar-refractivity contribution < 1.29 is 0 Å². The van der Waals surface area contributed by atoms with Gasteiger partial charge in [-0.25, -0.2) is 4.98 Å². The fraction of sp³-hybridized carbons (Fsp3) is 0. The van der Waals surface area contributed by atoms with Crippen LogP contribution in [0.25, 0.3) is 10.7 Å². The number of hydrogen-bond acceptors (Lipinski definition) is 5. The minimum atomic E-state index is 0.875. The van der Waals surface area contributed by atoms with Gasteiger partial charge in [0.2, 0.25) is 0 Å². The van der Waals surface area contributed by atoms with Gasteiger partial charge in [-0.2, -0.15) is 0 Å². The second-order valence-electron chi connectivity index (χ2n) is 1.63. The third kappa shape index (κ3) is 0.932. The highest BCUT2D eigenvalue weighted by atomic mass is 32.1. The van der Waals surface area contributed by atoms with Crippen molar-refractivity contribution in [3.8, 4) is 10.7 Å². The first-order valence-corrected chi connectivity index (χ1v) is 4.35. The third-order valence-electron chi connectivity index (χ3n) is 1.01. The van der Waals surface area contributed by atoms with Gasteiger partial charge in [0.05, 0.1) is 0 Å². The molecule has 2 rings (SSSR count). The van der Waals surface area contributed by atoms with Crippen LogP contribution in [0, 0.1) is 0 Å². The number of thiazole rings is 1. The molecule has 10 heavy (non-hydrogen) atoms. The van der Waals surface area contributed by atoms with Gasteiger partial charge in [-0.15, -0.1) is 16.4 Å². The summed E-state index contributed by atoms with van der Waals surface area (Å²) in [5.41, 5.74) is 0.875. The van der Waals surface area contributed by atoms with Crippen LogP contribution >= 0.6 is 22.9 Å². The van der Waals surface area contributed by atoms with Crippen molar-refractivity contribution in [2.24, 2.45) is 0 Å². The highest BCUT2D eigenvalue weighted by Crippen LogP contribution is 2.19. The van der Waals surface area contributed by atoms with Gasteiger partial charge in [-0.05, 0) is 11.5 Å². The van der Waals surface area contributed by atoms with E-state index in [1.165, 1.54) is 11.5 Å². The second-order valence-corrected chi connectivity index (χ2v) is 3.13. The maximum Gasteiger partial charge on any atom is 0.144 e. The number of aromatic nitrogens is 3. The van der Waals surface area contributed by atoms with E-state index in [9.17, 15) is 0 Å². The molecule has 0 bridgehead atoms. The molecule has 3 nitrogen and oxygen atoms in total. The topological polar surface area (TPSA) is 38.7 Å². The van der Waals surface area contributed by atoms with Gasteiger partial charge in [0.25, 0.3) is 0 Å². The molecule has 2 aromatic heterocycles. The fourth-order valence-electron chi connectivity index (χ4n) is 0.608. The molecule has 0 spiro atoms. The van der Waals surface area contributed by atoms with E-state index in [1.54, 1.807) is 17.5 Å². The quantitative estimate of drug-likeness (QED) is 0.651. The molecular formula is C5H3N3S2. The Morgan fingerprint density at radius 2 is 2.40 bits per heavy atom. The Labute approximate surface area is 65.5 Å². The normalized spacial score (nSPS) is 10.0. The third-order valence-corrected chi connectivity index (χ3v) is 2.31. The lowest BCUT2D eigenvalue weighted by molar-refractivity contribution is 1.15. The summed E-state index contributed by atoms with van der Waals surface area (Å²) >= 11 is 2.92. The van der Waals surface area contributed by atoms with Crippen LogP contribution in [0.3, 0.4) is 0 Å². The van der Waals surface area contributed by atoms with Gasteiger partial charge in [0.1, 0.15) is 10.7 Å². The average molecular weight is 169 g/mol. The summed E-state index contributed by atoms with van der Waals surface area (Å²) in [4.78, 5) is 4.08. The predicted octanol–water partition coefficient (Wildman–Crippen LogP) is 1.66. The monoisotopic (exact) mass is 169 g/mol. The molecule has 0 aliphatic carbocycles. The first-order valence-electron chi connectivity index (χ1n) is 2.64. The van der Waals surface area contributed by atoms with Crippen molar-refractivity contribution in [1.82, 2.24) is 14.6 Å². The van der Waals surface area contributed by atoms with Gasteiger partial charge in [-0.1, -0.05) is 4.49 Å².